The van der Waals surface area contributed by atoms with E-state index in [9.17, 15) is 9.59 Å². The van der Waals surface area contributed by atoms with Crippen LogP contribution in [0.3, 0.4) is 0 Å². The van der Waals surface area contributed by atoms with Crippen LogP contribution in [0.1, 0.15) is 13.8 Å². The predicted molar refractivity (Wildman–Crippen MR) is 88.9 cm³/mol. The van der Waals surface area contributed by atoms with E-state index in [2.05, 4.69) is 30.5 Å². The molecule has 6 heteroatoms. The first-order valence-electron chi connectivity index (χ1n) is 7.41. The smallest absolute Gasteiger partial charge is 0.407 e. The summed E-state index contributed by atoms with van der Waals surface area (Å²) >= 11 is 0. The molecule has 1 amide bonds. The third-order valence-electron chi connectivity index (χ3n) is 4.16. The highest BCUT2D eigenvalue weighted by atomic mass is 28.3. The molecule has 2 atom stereocenters. The van der Waals surface area contributed by atoms with Crippen molar-refractivity contribution < 1.29 is 19.1 Å². The predicted octanol–water partition coefficient (Wildman–Crippen LogP) is 2.28. The van der Waals surface area contributed by atoms with Crippen molar-refractivity contribution in [2.24, 2.45) is 0 Å². The van der Waals surface area contributed by atoms with Crippen LogP contribution >= 0.6 is 0 Å². The average molecular weight is 323 g/mol. The highest BCUT2D eigenvalue weighted by molar-refractivity contribution is 6.91. The summed E-state index contributed by atoms with van der Waals surface area (Å²) in [7, 11) is -0.660. The molecule has 0 radical (unpaired) electrons. The van der Waals surface area contributed by atoms with Gasteiger partial charge in [0.1, 0.15) is 6.04 Å². The SMILES string of the molecule is CCOC(=O)N[C@H](C(=O)OC)[C@@H](C)[Si](C)(C)c1ccccc1. The zero-order chi connectivity index (χ0) is 16.8. The second-order valence-electron chi connectivity index (χ2n) is 5.74. The molecule has 22 heavy (non-hydrogen) atoms. The molecule has 0 aliphatic rings. The van der Waals surface area contributed by atoms with Gasteiger partial charge in [-0.05, 0) is 12.5 Å². The van der Waals surface area contributed by atoms with E-state index in [4.69, 9.17) is 9.47 Å². The van der Waals surface area contributed by atoms with Gasteiger partial charge in [0.15, 0.2) is 0 Å². The lowest BCUT2D eigenvalue weighted by molar-refractivity contribution is -0.143. The van der Waals surface area contributed by atoms with Gasteiger partial charge in [-0.25, -0.2) is 9.59 Å². The number of rotatable bonds is 6. The van der Waals surface area contributed by atoms with E-state index in [0.717, 1.165) is 0 Å². The third kappa shape index (κ3) is 4.33. The maximum Gasteiger partial charge on any atom is 0.407 e. The number of hydrogen-bond acceptors (Lipinski definition) is 4. The molecule has 5 nitrogen and oxygen atoms in total. The maximum atomic E-state index is 12.1. The molecule has 1 rings (SSSR count). The largest absolute Gasteiger partial charge is 0.467 e. The molecular formula is C16H25NO4Si. The van der Waals surface area contributed by atoms with E-state index in [-0.39, 0.29) is 12.1 Å². The number of benzene rings is 1. The topological polar surface area (TPSA) is 64.6 Å². The Morgan fingerprint density at radius 3 is 2.32 bits per heavy atom. The highest BCUT2D eigenvalue weighted by Gasteiger charge is 2.40. The molecule has 0 unspecified atom stereocenters. The average Bonchev–Trinajstić information content (AvgIpc) is 2.52. The van der Waals surface area contributed by atoms with E-state index < -0.39 is 26.2 Å². The molecule has 0 spiro atoms. The lowest BCUT2D eigenvalue weighted by Crippen LogP contribution is -2.56. The number of ether oxygens (including phenoxy) is 2. The Morgan fingerprint density at radius 2 is 1.82 bits per heavy atom. The van der Waals surface area contributed by atoms with Gasteiger partial charge < -0.3 is 14.8 Å². The van der Waals surface area contributed by atoms with E-state index >= 15 is 0 Å². The van der Waals surface area contributed by atoms with Gasteiger partial charge in [-0.15, -0.1) is 0 Å². The lowest BCUT2D eigenvalue weighted by Gasteiger charge is -2.34. The number of carbonyl (C=O) groups is 2. The fraction of sp³-hybridized carbons (Fsp3) is 0.500. The van der Waals surface area contributed by atoms with Crippen LogP contribution in [0.2, 0.25) is 18.6 Å². The Hall–Kier alpha value is -1.82. The molecule has 0 saturated heterocycles. The van der Waals surface area contributed by atoms with Gasteiger partial charge in [0.2, 0.25) is 0 Å². The summed E-state index contributed by atoms with van der Waals surface area (Å²) in [6.45, 7) is 8.31. The van der Waals surface area contributed by atoms with Crippen molar-refractivity contribution in [1.29, 1.82) is 0 Å². The Kier molecular flexibility index (Phi) is 6.61. The molecule has 1 aromatic rings. The van der Waals surface area contributed by atoms with Crippen LogP contribution < -0.4 is 10.5 Å². The summed E-state index contributed by atoms with van der Waals surface area (Å²) in [6, 6.07) is 9.37. The third-order valence-corrected chi connectivity index (χ3v) is 8.59. The number of amides is 1. The highest BCUT2D eigenvalue weighted by Crippen LogP contribution is 2.26. The van der Waals surface area contributed by atoms with Gasteiger partial charge in [-0.1, -0.05) is 55.5 Å². The Bertz CT molecular complexity index is 504. The van der Waals surface area contributed by atoms with Crippen molar-refractivity contribution in [3.8, 4) is 0 Å². The monoisotopic (exact) mass is 323 g/mol. The summed E-state index contributed by atoms with van der Waals surface area (Å²) in [4.78, 5) is 23.8. The number of hydrogen-bond donors (Lipinski definition) is 1. The first-order chi connectivity index (χ1) is 10.3. The van der Waals surface area contributed by atoms with Crippen LogP contribution in [-0.2, 0) is 14.3 Å². The Labute approximate surface area is 133 Å². The minimum atomic E-state index is -1.99. The zero-order valence-corrected chi connectivity index (χ0v) is 14.9. The minimum Gasteiger partial charge on any atom is -0.467 e. The summed E-state index contributed by atoms with van der Waals surface area (Å²) in [5, 5.41) is 3.87. The molecule has 0 bridgehead atoms. The molecule has 0 fully saturated rings. The normalized spacial score (nSPS) is 13.9. The van der Waals surface area contributed by atoms with Crippen LogP contribution in [0.5, 0.6) is 0 Å². The first kappa shape index (κ1) is 18.2. The molecule has 0 heterocycles. The molecule has 122 valence electrons. The van der Waals surface area contributed by atoms with Gasteiger partial charge in [0.05, 0.1) is 21.8 Å². The minimum absolute atomic E-state index is 0.0493. The maximum absolute atomic E-state index is 12.1. The number of alkyl carbamates (subject to hydrolysis) is 1. The lowest BCUT2D eigenvalue weighted by atomic mass is 10.2. The van der Waals surface area contributed by atoms with Gasteiger partial charge in [-0.3, -0.25) is 0 Å². The van der Waals surface area contributed by atoms with Gasteiger partial charge in [-0.2, -0.15) is 0 Å². The Balaban J connectivity index is 3.02. The summed E-state index contributed by atoms with van der Waals surface area (Å²) < 4.78 is 9.75. The van der Waals surface area contributed by atoms with E-state index in [0.29, 0.717) is 0 Å². The van der Waals surface area contributed by atoms with Crippen molar-refractivity contribution in [2.45, 2.75) is 38.5 Å². The van der Waals surface area contributed by atoms with Crippen LogP contribution in [0.25, 0.3) is 0 Å². The first-order valence-corrected chi connectivity index (χ1v) is 10.5. The van der Waals surface area contributed by atoms with Gasteiger partial charge in [0.25, 0.3) is 0 Å². The van der Waals surface area contributed by atoms with Crippen molar-refractivity contribution in [3.63, 3.8) is 0 Å². The number of carbonyl (C=O) groups excluding carboxylic acids is 2. The quantitative estimate of drug-likeness (QED) is 0.644. The van der Waals surface area contributed by atoms with Crippen molar-refractivity contribution in [1.82, 2.24) is 5.32 Å². The van der Waals surface area contributed by atoms with Crippen LogP contribution in [0.15, 0.2) is 30.3 Å². The van der Waals surface area contributed by atoms with Crippen LogP contribution in [0.4, 0.5) is 4.79 Å². The molecule has 0 saturated carbocycles. The summed E-state index contributed by atoms with van der Waals surface area (Å²) in [5.41, 5.74) is -0.0493. The zero-order valence-electron chi connectivity index (χ0n) is 13.9. The molecule has 0 aliphatic carbocycles. The molecule has 0 aliphatic heterocycles. The van der Waals surface area contributed by atoms with Crippen molar-refractivity contribution in [2.75, 3.05) is 13.7 Å². The molecule has 1 aromatic carbocycles. The second kappa shape index (κ2) is 7.98. The second-order valence-corrected chi connectivity index (χ2v) is 10.7. The summed E-state index contributed by atoms with van der Waals surface area (Å²) in [6.07, 6.45) is -0.595. The van der Waals surface area contributed by atoms with Crippen LogP contribution in [-0.4, -0.2) is 39.9 Å². The van der Waals surface area contributed by atoms with Crippen molar-refractivity contribution >= 4 is 25.3 Å². The standard InChI is InChI=1S/C16H25NO4Si/c1-6-21-16(19)17-14(15(18)20-3)12(2)22(4,5)13-10-8-7-9-11-13/h7-12,14H,6H2,1-5H3,(H,17,19)/t12-,14+/m1/s1. The van der Waals surface area contributed by atoms with Crippen molar-refractivity contribution in [3.05, 3.63) is 30.3 Å². The number of methoxy groups -OCH3 is 1. The fourth-order valence-corrected chi connectivity index (χ4v) is 4.99. The number of nitrogens with one attached hydrogen (secondary N) is 1. The fourth-order valence-electron chi connectivity index (χ4n) is 2.36. The van der Waals surface area contributed by atoms with E-state index in [1.165, 1.54) is 12.3 Å². The molecular weight excluding hydrogens is 298 g/mol. The number of esters is 1. The van der Waals surface area contributed by atoms with Crippen LogP contribution in [0, 0.1) is 0 Å². The van der Waals surface area contributed by atoms with Gasteiger partial charge in [0, 0.05) is 0 Å². The molecule has 1 N–H and O–H groups in total. The van der Waals surface area contributed by atoms with Gasteiger partial charge >= 0.3 is 12.1 Å². The summed E-state index contributed by atoms with van der Waals surface area (Å²) in [5.74, 6) is -0.447. The Morgan fingerprint density at radius 1 is 1.23 bits per heavy atom. The van der Waals surface area contributed by atoms with E-state index in [1.54, 1.807) is 6.92 Å². The molecule has 0 aromatic heterocycles. The van der Waals surface area contributed by atoms with E-state index in [1.807, 2.05) is 25.1 Å².